The van der Waals surface area contributed by atoms with Gasteiger partial charge in [0.25, 0.3) is 0 Å². The normalized spacial score (nSPS) is 9.88. The van der Waals surface area contributed by atoms with Crippen molar-refractivity contribution in [2.75, 3.05) is 0 Å². The molecule has 0 spiro atoms. The van der Waals surface area contributed by atoms with Gasteiger partial charge >= 0.3 is 5.97 Å². The van der Waals surface area contributed by atoms with Crippen LogP contribution in [0, 0.1) is 0 Å². The van der Waals surface area contributed by atoms with Crippen LogP contribution in [0.4, 0.5) is 0 Å². The molecule has 0 fully saturated rings. The van der Waals surface area contributed by atoms with Crippen molar-refractivity contribution in [3.8, 4) is 5.75 Å². The number of carbonyl (C=O) groups excluding carboxylic acids is 1. The SMILES string of the molecule is O=C(OCc1ccccc1)c1ccccc1[O-]. The molecule has 2 aromatic rings. The number of hydrogen-bond donors (Lipinski definition) is 0. The van der Waals surface area contributed by atoms with Crippen LogP contribution in [0.25, 0.3) is 0 Å². The highest BCUT2D eigenvalue weighted by molar-refractivity contribution is 5.92. The monoisotopic (exact) mass is 227 g/mol. The van der Waals surface area contributed by atoms with Gasteiger partial charge in [-0.2, -0.15) is 0 Å². The third kappa shape index (κ3) is 2.84. The van der Waals surface area contributed by atoms with Gasteiger partial charge in [-0.1, -0.05) is 54.3 Å². The van der Waals surface area contributed by atoms with E-state index in [9.17, 15) is 9.90 Å². The standard InChI is InChI=1S/C14H12O3/c15-13-9-5-4-8-12(13)14(16)17-10-11-6-2-1-3-7-11/h1-9,15H,10H2/p-1. The Hall–Kier alpha value is -2.29. The summed E-state index contributed by atoms with van der Waals surface area (Å²) in [6, 6.07) is 15.4. The van der Waals surface area contributed by atoms with Crippen LogP contribution in [-0.2, 0) is 11.3 Å². The number of ether oxygens (including phenoxy) is 1. The van der Waals surface area contributed by atoms with E-state index in [1.54, 1.807) is 12.1 Å². The lowest BCUT2D eigenvalue weighted by molar-refractivity contribution is -0.268. The predicted molar refractivity (Wildman–Crippen MR) is 61.4 cm³/mol. The minimum atomic E-state index is -0.584. The lowest BCUT2D eigenvalue weighted by Gasteiger charge is -2.11. The molecule has 0 heterocycles. The molecule has 0 amide bonds. The zero-order valence-electron chi connectivity index (χ0n) is 9.13. The first kappa shape index (κ1) is 11.2. The Morgan fingerprint density at radius 2 is 1.65 bits per heavy atom. The molecule has 0 aromatic heterocycles. The summed E-state index contributed by atoms with van der Waals surface area (Å²) >= 11 is 0. The Labute approximate surface area is 99.3 Å². The van der Waals surface area contributed by atoms with E-state index in [2.05, 4.69) is 0 Å². The Morgan fingerprint density at radius 3 is 2.35 bits per heavy atom. The van der Waals surface area contributed by atoms with Gasteiger partial charge in [0.15, 0.2) is 0 Å². The van der Waals surface area contributed by atoms with E-state index in [4.69, 9.17) is 4.74 Å². The van der Waals surface area contributed by atoms with Gasteiger partial charge in [0.05, 0.1) is 5.56 Å². The topological polar surface area (TPSA) is 49.4 Å². The molecule has 0 N–H and O–H groups in total. The maximum atomic E-state index is 11.6. The predicted octanol–water partition coefficient (Wildman–Crippen LogP) is 2.12. The van der Waals surface area contributed by atoms with Crippen LogP contribution >= 0.6 is 0 Å². The smallest absolute Gasteiger partial charge is 0.337 e. The largest absolute Gasteiger partial charge is 0.872 e. The molecule has 0 aliphatic rings. The van der Waals surface area contributed by atoms with Crippen molar-refractivity contribution in [2.24, 2.45) is 0 Å². The summed E-state index contributed by atoms with van der Waals surface area (Å²) in [4.78, 5) is 11.6. The number of carbonyl (C=O) groups is 1. The summed E-state index contributed by atoms with van der Waals surface area (Å²) in [7, 11) is 0. The third-order valence-corrected chi connectivity index (χ3v) is 2.32. The van der Waals surface area contributed by atoms with Crippen molar-refractivity contribution in [3.05, 3.63) is 65.7 Å². The third-order valence-electron chi connectivity index (χ3n) is 2.32. The fourth-order valence-corrected chi connectivity index (χ4v) is 1.44. The van der Waals surface area contributed by atoms with Gasteiger partial charge in [0, 0.05) is 0 Å². The second-order valence-electron chi connectivity index (χ2n) is 3.56. The van der Waals surface area contributed by atoms with Crippen molar-refractivity contribution in [1.29, 1.82) is 0 Å². The first-order chi connectivity index (χ1) is 8.27. The van der Waals surface area contributed by atoms with Gasteiger partial charge in [-0.3, -0.25) is 0 Å². The number of rotatable bonds is 3. The molecule has 0 saturated heterocycles. The van der Waals surface area contributed by atoms with Gasteiger partial charge in [0.1, 0.15) is 6.61 Å². The molecule has 0 bridgehead atoms. The summed E-state index contributed by atoms with van der Waals surface area (Å²) in [6.07, 6.45) is 0. The van der Waals surface area contributed by atoms with Crippen molar-refractivity contribution < 1.29 is 14.6 Å². The molecule has 0 radical (unpaired) electrons. The zero-order chi connectivity index (χ0) is 12.1. The molecule has 86 valence electrons. The maximum absolute atomic E-state index is 11.6. The lowest BCUT2D eigenvalue weighted by atomic mass is 10.2. The number of para-hydroxylation sites is 1. The molecule has 0 unspecified atom stereocenters. The molecule has 3 nitrogen and oxygen atoms in total. The van der Waals surface area contributed by atoms with Crippen LogP contribution in [0.5, 0.6) is 5.75 Å². The molecule has 0 aliphatic carbocycles. The first-order valence-corrected chi connectivity index (χ1v) is 5.24. The van der Waals surface area contributed by atoms with Crippen LogP contribution in [0.15, 0.2) is 54.6 Å². The fourth-order valence-electron chi connectivity index (χ4n) is 1.44. The van der Waals surface area contributed by atoms with Gasteiger partial charge in [-0.25, -0.2) is 4.79 Å². The van der Waals surface area contributed by atoms with Gasteiger partial charge in [-0.15, -0.1) is 0 Å². The van der Waals surface area contributed by atoms with Gasteiger partial charge in [0.2, 0.25) is 0 Å². The Morgan fingerprint density at radius 1 is 1.00 bits per heavy atom. The lowest BCUT2D eigenvalue weighted by Crippen LogP contribution is -2.08. The minimum absolute atomic E-state index is 0.0726. The molecule has 2 rings (SSSR count). The minimum Gasteiger partial charge on any atom is -0.872 e. The van der Waals surface area contributed by atoms with Crippen LogP contribution in [0.1, 0.15) is 15.9 Å². The molecular formula is C14H11O3-. The average molecular weight is 227 g/mol. The summed E-state index contributed by atoms with van der Waals surface area (Å²) in [5.41, 5.74) is 0.965. The fraction of sp³-hybridized carbons (Fsp3) is 0.0714. The van der Waals surface area contributed by atoms with E-state index in [0.29, 0.717) is 0 Å². The summed E-state index contributed by atoms with van der Waals surface area (Å²) < 4.78 is 5.06. The molecule has 3 heteroatoms. The number of hydrogen-bond acceptors (Lipinski definition) is 3. The zero-order valence-corrected chi connectivity index (χ0v) is 9.13. The quantitative estimate of drug-likeness (QED) is 0.754. The molecule has 0 saturated carbocycles. The summed E-state index contributed by atoms with van der Waals surface area (Å²) in [5, 5.41) is 11.4. The van der Waals surface area contributed by atoms with E-state index < -0.39 is 5.97 Å². The molecule has 0 aliphatic heterocycles. The number of benzene rings is 2. The maximum Gasteiger partial charge on any atom is 0.337 e. The summed E-state index contributed by atoms with van der Waals surface area (Å²) in [5.74, 6) is -0.898. The van der Waals surface area contributed by atoms with Crippen LogP contribution in [0.3, 0.4) is 0 Å². The van der Waals surface area contributed by atoms with Crippen LogP contribution < -0.4 is 5.11 Å². The highest BCUT2D eigenvalue weighted by Gasteiger charge is 2.07. The van der Waals surface area contributed by atoms with Gasteiger partial charge in [-0.05, 0) is 11.6 Å². The van der Waals surface area contributed by atoms with Crippen molar-refractivity contribution in [1.82, 2.24) is 0 Å². The van der Waals surface area contributed by atoms with Crippen molar-refractivity contribution in [3.63, 3.8) is 0 Å². The van der Waals surface area contributed by atoms with E-state index in [1.807, 2.05) is 30.3 Å². The number of esters is 1. The highest BCUT2D eigenvalue weighted by Crippen LogP contribution is 2.14. The van der Waals surface area contributed by atoms with Crippen molar-refractivity contribution in [2.45, 2.75) is 6.61 Å². The second-order valence-corrected chi connectivity index (χ2v) is 3.56. The summed E-state index contributed by atoms with van der Waals surface area (Å²) in [6.45, 7) is 0.175. The van der Waals surface area contributed by atoms with E-state index in [0.717, 1.165) is 5.56 Å². The van der Waals surface area contributed by atoms with E-state index in [-0.39, 0.29) is 17.9 Å². The molecule has 17 heavy (non-hydrogen) atoms. The van der Waals surface area contributed by atoms with Crippen LogP contribution in [-0.4, -0.2) is 5.97 Å². The Balaban J connectivity index is 2.01. The van der Waals surface area contributed by atoms with E-state index in [1.165, 1.54) is 12.1 Å². The first-order valence-electron chi connectivity index (χ1n) is 5.24. The van der Waals surface area contributed by atoms with Crippen molar-refractivity contribution >= 4 is 5.97 Å². The van der Waals surface area contributed by atoms with Gasteiger partial charge < -0.3 is 9.84 Å². The Kier molecular flexibility index (Phi) is 3.40. The Bertz CT molecular complexity index is 506. The highest BCUT2D eigenvalue weighted by atomic mass is 16.5. The average Bonchev–Trinajstić information content (AvgIpc) is 2.38. The molecular weight excluding hydrogens is 216 g/mol. The van der Waals surface area contributed by atoms with E-state index >= 15 is 0 Å². The molecule has 0 atom stereocenters. The molecule has 2 aromatic carbocycles. The van der Waals surface area contributed by atoms with Crippen LogP contribution in [0.2, 0.25) is 0 Å². The second kappa shape index (κ2) is 5.16.